The van der Waals surface area contributed by atoms with Gasteiger partial charge in [0.25, 0.3) is 0 Å². The SMILES string of the molecule is CC1CCC(C(C)C)C(OC(=O)Cn2c[n+](CC(=O)OC3CC(C)CCC3C(C)C)c3ccccc32)C1. The summed E-state index contributed by atoms with van der Waals surface area (Å²) in [5.74, 6) is 2.55. The molecule has 1 aromatic carbocycles. The third-order valence-corrected chi connectivity index (χ3v) is 8.87. The van der Waals surface area contributed by atoms with Crippen LogP contribution in [0.25, 0.3) is 11.0 Å². The van der Waals surface area contributed by atoms with Crippen LogP contribution in [0, 0.1) is 35.5 Å². The highest BCUT2D eigenvalue weighted by Crippen LogP contribution is 2.36. The number of carbonyl (C=O) groups is 2. The monoisotopic (exact) mass is 511 g/mol. The van der Waals surface area contributed by atoms with Gasteiger partial charge in [0, 0.05) is 0 Å². The van der Waals surface area contributed by atoms with Gasteiger partial charge in [-0.05, 0) is 73.3 Å². The van der Waals surface area contributed by atoms with Crippen molar-refractivity contribution in [3.63, 3.8) is 0 Å². The average Bonchev–Trinajstić information content (AvgIpc) is 3.15. The first-order chi connectivity index (χ1) is 17.6. The molecule has 6 atom stereocenters. The molecule has 0 amide bonds. The number of hydrogen-bond donors (Lipinski definition) is 0. The third-order valence-electron chi connectivity index (χ3n) is 8.87. The van der Waals surface area contributed by atoms with Gasteiger partial charge in [0.05, 0.1) is 0 Å². The Morgan fingerprint density at radius 2 is 1.41 bits per heavy atom. The van der Waals surface area contributed by atoms with Crippen LogP contribution >= 0.6 is 0 Å². The summed E-state index contributed by atoms with van der Waals surface area (Å²) in [7, 11) is 0. The molecule has 2 fully saturated rings. The number of ether oxygens (including phenoxy) is 2. The first kappa shape index (κ1) is 27.7. The third kappa shape index (κ3) is 6.74. The van der Waals surface area contributed by atoms with Gasteiger partial charge < -0.3 is 9.47 Å². The van der Waals surface area contributed by atoms with E-state index in [1.165, 1.54) is 12.8 Å². The van der Waals surface area contributed by atoms with Crippen molar-refractivity contribution in [1.82, 2.24) is 4.57 Å². The Hall–Kier alpha value is -2.37. The van der Waals surface area contributed by atoms with Crippen LogP contribution in [0.4, 0.5) is 0 Å². The van der Waals surface area contributed by atoms with Crippen LogP contribution in [0.15, 0.2) is 30.6 Å². The highest BCUT2D eigenvalue weighted by molar-refractivity contribution is 5.76. The number of esters is 2. The maximum absolute atomic E-state index is 13.1. The van der Waals surface area contributed by atoms with E-state index < -0.39 is 0 Å². The second-order valence-corrected chi connectivity index (χ2v) is 12.6. The highest BCUT2D eigenvalue weighted by Gasteiger charge is 2.35. The molecule has 4 rings (SSSR count). The molecule has 0 spiro atoms. The second-order valence-electron chi connectivity index (χ2n) is 12.6. The van der Waals surface area contributed by atoms with Crippen LogP contribution in [0.1, 0.15) is 80.1 Å². The topological polar surface area (TPSA) is 61.4 Å². The predicted molar refractivity (Wildman–Crippen MR) is 145 cm³/mol. The summed E-state index contributed by atoms with van der Waals surface area (Å²) in [6, 6.07) is 7.89. The van der Waals surface area contributed by atoms with Crippen molar-refractivity contribution < 1.29 is 23.6 Å². The maximum Gasteiger partial charge on any atom is 0.348 e. The molecular weight excluding hydrogens is 464 g/mol. The summed E-state index contributed by atoms with van der Waals surface area (Å²) in [5, 5.41) is 0. The van der Waals surface area contributed by atoms with Crippen LogP contribution in [0.2, 0.25) is 0 Å². The smallest absolute Gasteiger partial charge is 0.348 e. The lowest BCUT2D eigenvalue weighted by Gasteiger charge is -2.36. The Balaban J connectivity index is 1.45. The molecule has 0 bridgehead atoms. The number of imidazole rings is 1. The number of fused-ring (bicyclic) bond motifs is 1. The predicted octanol–water partition coefficient (Wildman–Crippen LogP) is 5.94. The van der Waals surface area contributed by atoms with Crippen molar-refractivity contribution in [1.29, 1.82) is 0 Å². The van der Waals surface area contributed by atoms with Crippen LogP contribution in [-0.4, -0.2) is 28.7 Å². The van der Waals surface area contributed by atoms with Gasteiger partial charge in [-0.1, -0.05) is 66.5 Å². The Morgan fingerprint density at radius 1 is 0.865 bits per heavy atom. The number of hydrogen-bond acceptors (Lipinski definition) is 4. The molecule has 2 aliphatic carbocycles. The number of aromatic nitrogens is 2. The van der Waals surface area contributed by atoms with E-state index in [0.29, 0.717) is 35.5 Å². The fraction of sp³-hybridized carbons (Fsp3) is 0.710. The maximum atomic E-state index is 13.1. The van der Waals surface area contributed by atoms with Gasteiger partial charge in [-0.15, -0.1) is 0 Å². The number of benzene rings is 1. The lowest BCUT2D eigenvalue weighted by atomic mass is 9.75. The van der Waals surface area contributed by atoms with E-state index in [1.54, 1.807) is 0 Å². The van der Waals surface area contributed by atoms with Gasteiger partial charge in [-0.3, -0.25) is 0 Å². The molecule has 37 heavy (non-hydrogen) atoms. The normalized spacial score (nSPS) is 28.5. The Morgan fingerprint density at radius 3 is 1.97 bits per heavy atom. The fourth-order valence-electron chi connectivity index (χ4n) is 6.69. The lowest BCUT2D eigenvalue weighted by Crippen LogP contribution is -2.42. The van der Waals surface area contributed by atoms with E-state index in [1.807, 2.05) is 39.7 Å². The molecule has 6 heteroatoms. The number of nitrogens with zero attached hydrogens (tertiary/aromatic N) is 2. The molecule has 204 valence electrons. The molecule has 2 saturated carbocycles. The van der Waals surface area contributed by atoms with Crippen LogP contribution in [0.3, 0.4) is 0 Å². The Bertz CT molecular complexity index is 992. The van der Waals surface area contributed by atoms with Crippen LogP contribution in [0.5, 0.6) is 0 Å². The Labute approximate surface area is 222 Å². The van der Waals surface area contributed by atoms with Gasteiger partial charge >= 0.3 is 11.9 Å². The van der Waals surface area contributed by atoms with Gasteiger partial charge in [0.15, 0.2) is 24.1 Å². The van der Waals surface area contributed by atoms with Crippen LogP contribution in [-0.2, 0) is 32.2 Å². The van der Waals surface area contributed by atoms with Crippen molar-refractivity contribution in [2.24, 2.45) is 35.5 Å². The molecule has 6 unspecified atom stereocenters. The summed E-state index contributed by atoms with van der Waals surface area (Å²) < 4.78 is 15.9. The minimum Gasteiger partial charge on any atom is -0.459 e. The molecular formula is C31H47N2O4+. The molecule has 0 saturated heterocycles. The van der Waals surface area contributed by atoms with Gasteiger partial charge in [-0.2, -0.15) is 0 Å². The van der Waals surface area contributed by atoms with Crippen molar-refractivity contribution in [2.75, 3.05) is 0 Å². The number of para-hydroxylation sites is 2. The van der Waals surface area contributed by atoms with Crippen LogP contribution < -0.4 is 4.57 Å². The van der Waals surface area contributed by atoms with E-state index in [4.69, 9.17) is 9.47 Å². The summed E-state index contributed by atoms with van der Waals surface area (Å²) in [4.78, 5) is 26.2. The zero-order valence-electron chi connectivity index (χ0n) is 23.7. The van der Waals surface area contributed by atoms with E-state index >= 15 is 0 Å². The van der Waals surface area contributed by atoms with Crippen molar-refractivity contribution in [3.05, 3.63) is 30.6 Å². The first-order valence-corrected chi connectivity index (χ1v) is 14.5. The zero-order valence-corrected chi connectivity index (χ0v) is 23.7. The van der Waals surface area contributed by atoms with Gasteiger partial charge in [0.1, 0.15) is 12.2 Å². The summed E-state index contributed by atoms with van der Waals surface area (Å²) in [5.41, 5.74) is 1.83. The molecule has 0 radical (unpaired) electrons. The minimum atomic E-state index is -0.212. The van der Waals surface area contributed by atoms with Gasteiger partial charge in [-0.25, -0.2) is 18.7 Å². The number of carbonyl (C=O) groups excluding carboxylic acids is 2. The molecule has 1 heterocycles. The standard InChI is InChI=1S/C31H47N2O4/c1-20(2)24-13-11-22(5)15-28(24)36-30(34)17-32-19-33(27-10-8-7-9-26(27)32)18-31(35)37-29-16-23(6)12-14-25(29)21(3)4/h7-10,19-25,28-29H,11-18H2,1-6H3/q+1. The second kappa shape index (κ2) is 12.0. The highest BCUT2D eigenvalue weighted by atomic mass is 16.5. The van der Waals surface area contributed by atoms with Crippen molar-refractivity contribution in [2.45, 2.75) is 105 Å². The number of rotatable bonds is 8. The van der Waals surface area contributed by atoms with E-state index in [2.05, 4.69) is 41.5 Å². The zero-order chi connectivity index (χ0) is 26.7. The van der Waals surface area contributed by atoms with E-state index in [9.17, 15) is 9.59 Å². The average molecular weight is 512 g/mol. The molecule has 6 nitrogen and oxygen atoms in total. The minimum absolute atomic E-state index is 0.0213. The quantitative estimate of drug-likeness (QED) is 0.325. The van der Waals surface area contributed by atoms with E-state index in [-0.39, 0.29) is 37.2 Å². The Kier molecular flexibility index (Phi) is 8.97. The molecule has 2 aromatic rings. The van der Waals surface area contributed by atoms with Crippen molar-refractivity contribution >= 4 is 23.0 Å². The lowest BCUT2D eigenvalue weighted by molar-refractivity contribution is -0.661. The first-order valence-electron chi connectivity index (χ1n) is 14.5. The molecule has 0 N–H and O–H groups in total. The van der Waals surface area contributed by atoms with Gasteiger partial charge in [0.2, 0.25) is 6.33 Å². The summed E-state index contributed by atoms with van der Waals surface area (Å²) in [6.45, 7) is 13.6. The molecule has 2 aliphatic rings. The summed E-state index contributed by atoms with van der Waals surface area (Å²) >= 11 is 0. The van der Waals surface area contributed by atoms with E-state index in [0.717, 1.165) is 36.7 Å². The molecule has 1 aromatic heterocycles. The largest absolute Gasteiger partial charge is 0.459 e. The van der Waals surface area contributed by atoms with Crippen molar-refractivity contribution in [3.8, 4) is 0 Å². The molecule has 0 aliphatic heterocycles. The summed E-state index contributed by atoms with van der Waals surface area (Å²) in [6.07, 6.45) is 8.32. The fourth-order valence-corrected chi connectivity index (χ4v) is 6.69.